The van der Waals surface area contributed by atoms with E-state index in [2.05, 4.69) is 4.90 Å². The van der Waals surface area contributed by atoms with Crippen molar-refractivity contribution in [1.82, 2.24) is 9.21 Å². The lowest BCUT2D eigenvalue weighted by molar-refractivity contribution is 0.182. The zero-order valence-corrected chi connectivity index (χ0v) is 15.3. The minimum atomic E-state index is -3.34. The fourth-order valence-corrected chi connectivity index (χ4v) is 5.64. The molecule has 23 heavy (non-hydrogen) atoms. The first-order valence-electron chi connectivity index (χ1n) is 7.48. The van der Waals surface area contributed by atoms with E-state index in [4.69, 9.17) is 11.6 Å². The molecule has 0 saturated carbocycles. The summed E-state index contributed by atoms with van der Waals surface area (Å²) in [6.07, 6.45) is 0. The summed E-state index contributed by atoms with van der Waals surface area (Å²) < 4.78 is 27.3. The molecule has 0 bridgehead atoms. The van der Waals surface area contributed by atoms with E-state index in [0.717, 1.165) is 29.5 Å². The molecule has 0 N–H and O–H groups in total. The van der Waals surface area contributed by atoms with E-state index < -0.39 is 10.0 Å². The largest absolute Gasteiger partial charge is 0.296 e. The van der Waals surface area contributed by atoms with E-state index in [1.807, 2.05) is 37.3 Å². The van der Waals surface area contributed by atoms with Crippen LogP contribution in [0.15, 0.2) is 40.6 Å². The van der Waals surface area contributed by atoms with Crippen LogP contribution < -0.4 is 0 Å². The molecule has 1 aliphatic rings. The SMILES string of the molecule is Cc1ccc(S(=O)(=O)N2CCN(Cc3ccc(Cl)cc3)CC2)s1. The molecule has 7 heteroatoms. The predicted molar refractivity (Wildman–Crippen MR) is 94.5 cm³/mol. The first-order chi connectivity index (χ1) is 10.9. The number of rotatable bonds is 4. The van der Waals surface area contributed by atoms with Gasteiger partial charge in [-0.15, -0.1) is 11.3 Å². The molecule has 4 nitrogen and oxygen atoms in total. The lowest BCUT2D eigenvalue weighted by atomic mass is 10.2. The fourth-order valence-electron chi connectivity index (χ4n) is 2.65. The standard InChI is InChI=1S/C16H19ClN2O2S2/c1-13-2-7-16(22-13)23(20,21)19-10-8-18(9-11-19)12-14-3-5-15(17)6-4-14/h2-7H,8-12H2,1H3. The van der Waals surface area contributed by atoms with Crippen LogP contribution in [0.3, 0.4) is 0 Å². The third kappa shape index (κ3) is 3.95. The van der Waals surface area contributed by atoms with E-state index in [9.17, 15) is 8.42 Å². The number of halogens is 1. The molecule has 0 unspecified atom stereocenters. The highest BCUT2D eigenvalue weighted by Crippen LogP contribution is 2.25. The highest BCUT2D eigenvalue weighted by atomic mass is 35.5. The van der Waals surface area contributed by atoms with Gasteiger partial charge in [0.2, 0.25) is 0 Å². The summed E-state index contributed by atoms with van der Waals surface area (Å²) in [6, 6.07) is 11.4. The number of piperazine rings is 1. The predicted octanol–water partition coefficient (Wildman–Crippen LogP) is 3.22. The van der Waals surface area contributed by atoms with Crippen LogP contribution in [-0.4, -0.2) is 43.8 Å². The van der Waals surface area contributed by atoms with Crippen LogP contribution in [-0.2, 0) is 16.6 Å². The maximum atomic E-state index is 12.6. The van der Waals surface area contributed by atoms with Crippen molar-refractivity contribution in [2.75, 3.05) is 26.2 Å². The van der Waals surface area contributed by atoms with Crippen LogP contribution in [0, 0.1) is 6.92 Å². The van der Waals surface area contributed by atoms with Crippen molar-refractivity contribution in [3.63, 3.8) is 0 Å². The number of sulfonamides is 1. The Labute approximate surface area is 146 Å². The van der Waals surface area contributed by atoms with Crippen molar-refractivity contribution in [3.05, 3.63) is 51.9 Å². The number of nitrogens with zero attached hydrogens (tertiary/aromatic N) is 2. The van der Waals surface area contributed by atoms with Crippen molar-refractivity contribution >= 4 is 33.0 Å². The van der Waals surface area contributed by atoms with Crippen molar-refractivity contribution < 1.29 is 8.42 Å². The quantitative estimate of drug-likeness (QED) is 0.829. The first-order valence-corrected chi connectivity index (χ1v) is 10.1. The highest BCUT2D eigenvalue weighted by Gasteiger charge is 2.29. The zero-order chi connectivity index (χ0) is 16.4. The van der Waals surface area contributed by atoms with Crippen LogP contribution >= 0.6 is 22.9 Å². The lowest BCUT2D eigenvalue weighted by Gasteiger charge is -2.33. The topological polar surface area (TPSA) is 40.6 Å². The van der Waals surface area contributed by atoms with Crippen LogP contribution in [0.5, 0.6) is 0 Å². The summed E-state index contributed by atoms with van der Waals surface area (Å²) in [5.41, 5.74) is 1.19. The Kier molecular flexibility index (Phi) is 5.08. The molecular formula is C16H19ClN2O2S2. The Bertz CT molecular complexity index is 764. The van der Waals surface area contributed by atoms with Crippen LogP contribution in [0.1, 0.15) is 10.4 Å². The summed E-state index contributed by atoms with van der Waals surface area (Å²) in [7, 11) is -3.34. The van der Waals surface area contributed by atoms with Gasteiger partial charge in [-0.1, -0.05) is 23.7 Å². The van der Waals surface area contributed by atoms with Crippen molar-refractivity contribution in [3.8, 4) is 0 Å². The molecule has 1 aromatic carbocycles. The van der Waals surface area contributed by atoms with Gasteiger partial charge in [0.25, 0.3) is 10.0 Å². The lowest BCUT2D eigenvalue weighted by Crippen LogP contribution is -2.48. The Morgan fingerprint density at radius 3 is 2.26 bits per heavy atom. The second-order valence-electron chi connectivity index (χ2n) is 5.67. The summed E-state index contributed by atoms with van der Waals surface area (Å²) in [5, 5.41) is 0.732. The van der Waals surface area contributed by atoms with Crippen molar-refractivity contribution in [1.29, 1.82) is 0 Å². The van der Waals surface area contributed by atoms with Gasteiger partial charge in [0.1, 0.15) is 4.21 Å². The van der Waals surface area contributed by atoms with Gasteiger partial charge in [0, 0.05) is 42.6 Å². The Morgan fingerprint density at radius 2 is 1.70 bits per heavy atom. The molecule has 1 fully saturated rings. The molecule has 0 aliphatic carbocycles. The molecule has 1 aliphatic heterocycles. The molecular weight excluding hydrogens is 352 g/mol. The molecule has 2 heterocycles. The van der Waals surface area contributed by atoms with Crippen LogP contribution in [0.25, 0.3) is 0 Å². The van der Waals surface area contributed by atoms with E-state index in [0.29, 0.717) is 17.3 Å². The van der Waals surface area contributed by atoms with Gasteiger partial charge in [-0.2, -0.15) is 4.31 Å². The number of thiophene rings is 1. The van der Waals surface area contributed by atoms with Crippen molar-refractivity contribution in [2.45, 2.75) is 17.7 Å². The maximum Gasteiger partial charge on any atom is 0.252 e. The Hall–Kier alpha value is -0.920. The molecule has 124 valence electrons. The maximum absolute atomic E-state index is 12.6. The van der Waals surface area contributed by atoms with Crippen LogP contribution in [0.2, 0.25) is 5.02 Å². The van der Waals surface area contributed by atoms with Gasteiger partial charge < -0.3 is 0 Å². The number of hydrogen-bond acceptors (Lipinski definition) is 4. The summed E-state index contributed by atoms with van der Waals surface area (Å²) in [5.74, 6) is 0. The molecule has 0 radical (unpaired) electrons. The average molecular weight is 371 g/mol. The fraction of sp³-hybridized carbons (Fsp3) is 0.375. The van der Waals surface area contributed by atoms with Crippen LogP contribution in [0.4, 0.5) is 0 Å². The van der Waals surface area contributed by atoms with Gasteiger partial charge in [-0.05, 0) is 36.8 Å². The van der Waals surface area contributed by atoms with E-state index in [1.165, 1.54) is 16.9 Å². The molecule has 0 amide bonds. The highest BCUT2D eigenvalue weighted by molar-refractivity contribution is 7.91. The minimum Gasteiger partial charge on any atom is -0.296 e. The molecule has 2 aromatic rings. The number of hydrogen-bond donors (Lipinski definition) is 0. The number of benzene rings is 1. The Morgan fingerprint density at radius 1 is 1.04 bits per heavy atom. The van der Waals surface area contributed by atoms with Crippen molar-refractivity contribution in [2.24, 2.45) is 0 Å². The smallest absolute Gasteiger partial charge is 0.252 e. The molecule has 1 aromatic heterocycles. The first kappa shape index (κ1) is 16.9. The molecule has 1 saturated heterocycles. The van der Waals surface area contributed by atoms with E-state index in [1.54, 1.807) is 10.4 Å². The third-order valence-electron chi connectivity index (χ3n) is 3.96. The molecule has 0 atom stereocenters. The summed E-state index contributed by atoms with van der Waals surface area (Å²) >= 11 is 7.24. The third-order valence-corrected chi connectivity index (χ3v) is 7.58. The number of aryl methyl sites for hydroxylation is 1. The average Bonchev–Trinajstić information content (AvgIpc) is 2.98. The van der Waals surface area contributed by atoms with Gasteiger partial charge in [-0.3, -0.25) is 4.90 Å². The zero-order valence-electron chi connectivity index (χ0n) is 12.9. The Balaban J connectivity index is 1.61. The minimum absolute atomic E-state index is 0.446. The monoisotopic (exact) mass is 370 g/mol. The molecule has 0 spiro atoms. The van der Waals surface area contributed by atoms with E-state index >= 15 is 0 Å². The van der Waals surface area contributed by atoms with E-state index in [-0.39, 0.29) is 0 Å². The second kappa shape index (κ2) is 6.91. The second-order valence-corrected chi connectivity index (χ2v) is 9.56. The normalized spacial score (nSPS) is 17.5. The summed E-state index contributed by atoms with van der Waals surface area (Å²) in [4.78, 5) is 3.29. The van der Waals surface area contributed by atoms with Gasteiger partial charge >= 0.3 is 0 Å². The van der Waals surface area contributed by atoms with Gasteiger partial charge in [0.15, 0.2) is 0 Å². The van der Waals surface area contributed by atoms with Gasteiger partial charge in [-0.25, -0.2) is 8.42 Å². The van der Waals surface area contributed by atoms with Gasteiger partial charge in [0.05, 0.1) is 0 Å². The molecule has 3 rings (SSSR count). The summed E-state index contributed by atoms with van der Waals surface area (Å²) in [6.45, 7) is 5.30.